The van der Waals surface area contributed by atoms with Gasteiger partial charge in [-0.2, -0.15) is 0 Å². The second-order valence-corrected chi connectivity index (χ2v) is 7.07. The molecule has 0 saturated carbocycles. The van der Waals surface area contributed by atoms with Crippen LogP contribution in [0.3, 0.4) is 0 Å². The molecule has 0 fully saturated rings. The number of aryl methyl sites for hydroxylation is 1. The Bertz CT molecular complexity index is 584. The molecule has 0 aliphatic heterocycles. The van der Waals surface area contributed by atoms with Crippen molar-refractivity contribution in [2.75, 3.05) is 13.1 Å². The maximum atomic E-state index is 12.2. The first-order valence-corrected chi connectivity index (χ1v) is 8.25. The monoisotopic (exact) mass is 327 g/mol. The highest BCUT2D eigenvalue weighted by Crippen LogP contribution is 2.04. The number of carbonyl (C=O) groups is 2. The van der Waals surface area contributed by atoms with E-state index in [1.54, 1.807) is 9.95 Å². The third-order valence-electron chi connectivity index (χ3n) is 3.11. The number of nitrogens with zero attached hydrogens (tertiary/aromatic N) is 2. The molecule has 6 nitrogen and oxygen atoms in total. The molecule has 0 aliphatic carbocycles. The van der Waals surface area contributed by atoms with Gasteiger partial charge < -0.3 is 14.8 Å². The summed E-state index contributed by atoms with van der Waals surface area (Å²) >= 11 is 1.13. The molecule has 0 aliphatic rings. The molecule has 1 aromatic heterocycles. The van der Waals surface area contributed by atoms with Gasteiger partial charge in [-0.25, -0.2) is 0 Å². The molecular weight excluding hydrogens is 302 g/mol. The third-order valence-corrected chi connectivity index (χ3v) is 3.99. The molecule has 1 heterocycles. The van der Waals surface area contributed by atoms with Crippen molar-refractivity contribution in [3.8, 4) is 0 Å². The number of amides is 2. The van der Waals surface area contributed by atoms with Crippen LogP contribution in [-0.4, -0.2) is 39.9 Å². The lowest BCUT2D eigenvalue weighted by molar-refractivity contribution is -0.136. The molecule has 1 N–H and O–H groups in total. The van der Waals surface area contributed by atoms with Gasteiger partial charge in [0, 0.05) is 36.1 Å². The van der Waals surface area contributed by atoms with Crippen molar-refractivity contribution in [1.29, 1.82) is 0 Å². The lowest BCUT2D eigenvalue weighted by atomic mass is 10.1. The van der Waals surface area contributed by atoms with E-state index >= 15 is 0 Å². The van der Waals surface area contributed by atoms with Gasteiger partial charge >= 0.3 is 4.87 Å². The number of nitrogens with one attached hydrogen (secondary N) is 1. The normalized spacial score (nSPS) is 11.3. The molecule has 1 rings (SSSR count). The summed E-state index contributed by atoms with van der Waals surface area (Å²) in [4.78, 5) is 37.2. The summed E-state index contributed by atoms with van der Waals surface area (Å²) in [6, 6.07) is 0. The number of rotatable bonds is 6. The minimum absolute atomic E-state index is 0.0458. The van der Waals surface area contributed by atoms with Gasteiger partial charge in [0.15, 0.2) is 0 Å². The third kappa shape index (κ3) is 5.63. The highest BCUT2D eigenvalue weighted by atomic mass is 32.1. The van der Waals surface area contributed by atoms with Crippen molar-refractivity contribution >= 4 is 23.2 Å². The average Bonchev–Trinajstić information content (AvgIpc) is 2.70. The Morgan fingerprint density at radius 2 is 2.00 bits per heavy atom. The molecular formula is C15H25N3O3S. The van der Waals surface area contributed by atoms with Crippen molar-refractivity contribution in [3.63, 3.8) is 0 Å². The minimum Gasteiger partial charge on any atom is -0.350 e. The van der Waals surface area contributed by atoms with Crippen LogP contribution < -0.4 is 10.2 Å². The second kappa shape index (κ2) is 7.58. The highest BCUT2D eigenvalue weighted by Gasteiger charge is 2.19. The molecule has 0 bridgehead atoms. The lowest BCUT2D eigenvalue weighted by Crippen LogP contribution is -2.47. The first-order chi connectivity index (χ1) is 10.1. The van der Waals surface area contributed by atoms with Gasteiger partial charge in [0.25, 0.3) is 0 Å². The Kier molecular flexibility index (Phi) is 6.34. The van der Waals surface area contributed by atoms with Crippen molar-refractivity contribution in [1.82, 2.24) is 14.8 Å². The van der Waals surface area contributed by atoms with Crippen molar-refractivity contribution in [2.45, 2.75) is 53.1 Å². The zero-order valence-electron chi connectivity index (χ0n) is 13.9. The van der Waals surface area contributed by atoms with Crippen LogP contribution in [0.5, 0.6) is 0 Å². The molecule has 0 saturated heterocycles. The maximum Gasteiger partial charge on any atom is 0.307 e. The average molecular weight is 327 g/mol. The molecule has 0 aromatic carbocycles. The van der Waals surface area contributed by atoms with E-state index in [9.17, 15) is 14.4 Å². The standard InChI is InChI=1S/C15H25N3O3S/c1-6-17(9-12(19)16-15(3,4)5)13(20)7-8-18-11(2)10-22-14(18)21/h10H,6-9H2,1-5H3,(H,16,19). The zero-order chi connectivity index (χ0) is 16.9. The summed E-state index contributed by atoms with van der Waals surface area (Å²) in [6.07, 6.45) is 0.216. The van der Waals surface area contributed by atoms with E-state index < -0.39 is 0 Å². The van der Waals surface area contributed by atoms with E-state index in [2.05, 4.69) is 5.32 Å². The Hall–Kier alpha value is -1.63. The first-order valence-electron chi connectivity index (χ1n) is 7.37. The van der Waals surface area contributed by atoms with Crippen molar-refractivity contribution in [2.24, 2.45) is 0 Å². The fraction of sp³-hybridized carbons (Fsp3) is 0.667. The number of carbonyl (C=O) groups excluding carboxylic acids is 2. The number of likely N-dealkylation sites (N-methyl/N-ethyl adjacent to an activating group) is 1. The Morgan fingerprint density at radius 1 is 1.36 bits per heavy atom. The van der Waals surface area contributed by atoms with Gasteiger partial charge in [0.2, 0.25) is 11.8 Å². The lowest BCUT2D eigenvalue weighted by Gasteiger charge is -2.25. The molecule has 7 heteroatoms. The molecule has 1 aromatic rings. The first kappa shape index (κ1) is 18.4. The van der Waals surface area contributed by atoms with Crippen LogP contribution in [0.15, 0.2) is 10.2 Å². The van der Waals surface area contributed by atoms with E-state index in [-0.39, 0.29) is 35.2 Å². The molecule has 22 heavy (non-hydrogen) atoms. The summed E-state index contributed by atoms with van der Waals surface area (Å²) in [6.45, 7) is 10.2. The number of hydrogen-bond acceptors (Lipinski definition) is 4. The SMILES string of the molecule is CCN(CC(=O)NC(C)(C)C)C(=O)CCn1c(C)csc1=O. The molecule has 2 amide bonds. The maximum absolute atomic E-state index is 12.2. The molecule has 0 spiro atoms. The van der Waals surface area contributed by atoms with Crippen LogP contribution in [0.1, 0.15) is 39.8 Å². The van der Waals surface area contributed by atoms with E-state index in [0.717, 1.165) is 17.0 Å². The van der Waals surface area contributed by atoms with Gasteiger partial charge in [-0.05, 0) is 34.6 Å². The van der Waals surface area contributed by atoms with Gasteiger partial charge in [0.05, 0.1) is 6.54 Å². The summed E-state index contributed by atoms with van der Waals surface area (Å²) in [5.41, 5.74) is 0.539. The Morgan fingerprint density at radius 3 is 2.45 bits per heavy atom. The minimum atomic E-state index is -0.319. The number of thiazole rings is 1. The van der Waals surface area contributed by atoms with Crippen molar-refractivity contribution in [3.05, 3.63) is 20.7 Å². The van der Waals surface area contributed by atoms with Crippen LogP contribution >= 0.6 is 11.3 Å². The van der Waals surface area contributed by atoms with E-state index in [4.69, 9.17) is 0 Å². The van der Waals surface area contributed by atoms with Crippen LogP contribution in [-0.2, 0) is 16.1 Å². The molecule has 0 atom stereocenters. The Labute approximate surface area is 135 Å². The predicted octanol–water partition coefficient (Wildman–Crippen LogP) is 1.37. The highest BCUT2D eigenvalue weighted by molar-refractivity contribution is 7.07. The van der Waals surface area contributed by atoms with E-state index in [1.165, 1.54) is 4.90 Å². The smallest absolute Gasteiger partial charge is 0.307 e. The predicted molar refractivity (Wildman–Crippen MR) is 88.1 cm³/mol. The summed E-state index contributed by atoms with van der Waals surface area (Å²) in [5, 5.41) is 4.62. The molecule has 0 unspecified atom stereocenters. The van der Waals surface area contributed by atoms with Crippen LogP contribution in [0.25, 0.3) is 0 Å². The van der Waals surface area contributed by atoms with Gasteiger partial charge in [-0.3, -0.25) is 14.4 Å². The number of hydrogen-bond donors (Lipinski definition) is 1. The molecule has 0 radical (unpaired) electrons. The second-order valence-electron chi connectivity index (χ2n) is 6.25. The quantitative estimate of drug-likeness (QED) is 0.858. The fourth-order valence-electron chi connectivity index (χ4n) is 2.05. The Balaban J connectivity index is 2.58. The zero-order valence-corrected chi connectivity index (χ0v) is 14.7. The van der Waals surface area contributed by atoms with Crippen LogP contribution in [0, 0.1) is 6.92 Å². The van der Waals surface area contributed by atoms with Crippen LogP contribution in [0.2, 0.25) is 0 Å². The van der Waals surface area contributed by atoms with Crippen LogP contribution in [0.4, 0.5) is 0 Å². The molecule has 124 valence electrons. The van der Waals surface area contributed by atoms with Gasteiger partial charge in [0.1, 0.15) is 0 Å². The summed E-state index contributed by atoms with van der Waals surface area (Å²) in [7, 11) is 0. The fourth-order valence-corrected chi connectivity index (χ4v) is 2.81. The number of aromatic nitrogens is 1. The summed E-state index contributed by atoms with van der Waals surface area (Å²) < 4.78 is 1.59. The summed E-state index contributed by atoms with van der Waals surface area (Å²) in [5.74, 6) is -0.296. The largest absolute Gasteiger partial charge is 0.350 e. The van der Waals surface area contributed by atoms with Gasteiger partial charge in [-0.15, -0.1) is 0 Å². The topological polar surface area (TPSA) is 71.4 Å². The van der Waals surface area contributed by atoms with Gasteiger partial charge in [-0.1, -0.05) is 11.3 Å². The van der Waals surface area contributed by atoms with E-state index in [1.807, 2.05) is 34.6 Å². The van der Waals surface area contributed by atoms with E-state index in [0.29, 0.717) is 13.1 Å². The van der Waals surface area contributed by atoms with Crippen molar-refractivity contribution < 1.29 is 9.59 Å².